The Kier molecular flexibility index (Phi) is 4.98. The Hall–Kier alpha value is -1.34. The molecule has 1 saturated heterocycles. The number of thiazole rings is 1. The van der Waals surface area contributed by atoms with E-state index in [1.165, 1.54) is 24.2 Å². The maximum atomic E-state index is 12.0. The van der Waals surface area contributed by atoms with Gasteiger partial charge >= 0.3 is 0 Å². The number of anilines is 2. The maximum Gasteiger partial charge on any atom is 0.265 e. The van der Waals surface area contributed by atoms with Gasteiger partial charge in [0.25, 0.3) is 5.91 Å². The molecule has 0 aliphatic carbocycles. The Bertz CT molecular complexity index is 428. The van der Waals surface area contributed by atoms with Crippen LogP contribution in [0, 0.1) is 0 Å². The molecule has 1 aliphatic heterocycles. The summed E-state index contributed by atoms with van der Waals surface area (Å²) in [5.41, 5.74) is 5.75. The monoisotopic (exact) mass is 283 g/mol. The molecule has 0 atom stereocenters. The van der Waals surface area contributed by atoms with Crippen LogP contribution in [-0.2, 0) is 0 Å². The van der Waals surface area contributed by atoms with Crippen molar-refractivity contribution in [2.75, 3.05) is 43.8 Å². The van der Waals surface area contributed by atoms with Crippen molar-refractivity contribution in [1.29, 1.82) is 0 Å². The first kappa shape index (κ1) is 14.1. The number of hydrogen-bond donors (Lipinski definition) is 3. The van der Waals surface area contributed by atoms with Crippen molar-refractivity contribution in [3.05, 3.63) is 4.88 Å². The minimum atomic E-state index is -0.127. The van der Waals surface area contributed by atoms with Gasteiger partial charge in [-0.05, 0) is 32.9 Å². The first-order valence-corrected chi connectivity index (χ1v) is 7.53. The summed E-state index contributed by atoms with van der Waals surface area (Å²) in [6, 6.07) is 0. The summed E-state index contributed by atoms with van der Waals surface area (Å²) >= 11 is 1.30. The van der Waals surface area contributed by atoms with Crippen LogP contribution >= 0.6 is 11.3 Å². The highest BCUT2D eigenvalue weighted by Crippen LogP contribution is 2.24. The van der Waals surface area contributed by atoms with Crippen LogP contribution in [0.4, 0.5) is 10.9 Å². The van der Waals surface area contributed by atoms with Gasteiger partial charge in [0.15, 0.2) is 5.13 Å². The summed E-state index contributed by atoms with van der Waals surface area (Å²) in [5, 5.41) is 6.67. The van der Waals surface area contributed by atoms with E-state index in [2.05, 4.69) is 20.5 Å². The minimum absolute atomic E-state index is 0.127. The minimum Gasteiger partial charge on any atom is -0.382 e. The number of likely N-dealkylation sites (tertiary alicyclic amines) is 1. The van der Waals surface area contributed by atoms with Crippen LogP contribution in [0.5, 0.6) is 0 Å². The quantitative estimate of drug-likeness (QED) is 0.725. The lowest BCUT2D eigenvalue weighted by atomic mass is 10.4. The van der Waals surface area contributed by atoms with E-state index in [0.29, 0.717) is 22.4 Å². The van der Waals surface area contributed by atoms with Crippen LogP contribution in [0.25, 0.3) is 0 Å². The second-order valence-corrected chi connectivity index (χ2v) is 5.57. The summed E-state index contributed by atoms with van der Waals surface area (Å²) in [5.74, 6) is 0.179. The second-order valence-electron chi connectivity index (χ2n) is 4.57. The third kappa shape index (κ3) is 3.81. The summed E-state index contributed by atoms with van der Waals surface area (Å²) in [6.07, 6.45) is 2.53. The molecule has 6 nitrogen and oxygen atoms in total. The lowest BCUT2D eigenvalue weighted by Gasteiger charge is -2.14. The fourth-order valence-electron chi connectivity index (χ4n) is 2.14. The van der Waals surface area contributed by atoms with E-state index in [4.69, 9.17) is 5.73 Å². The molecule has 106 valence electrons. The van der Waals surface area contributed by atoms with Crippen LogP contribution in [0.15, 0.2) is 0 Å². The SMILES string of the molecule is CCNc1nc(N)c(C(=O)NCCN2CCCC2)s1. The highest BCUT2D eigenvalue weighted by Gasteiger charge is 2.16. The summed E-state index contributed by atoms with van der Waals surface area (Å²) in [6.45, 7) is 6.60. The first-order chi connectivity index (χ1) is 9.20. The molecular formula is C12H21N5OS. The number of nitrogens with two attached hydrogens (primary N) is 1. The van der Waals surface area contributed by atoms with E-state index >= 15 is 0 Å². The van der Waals surface area contributed by atoms with Gasteiger partial charge in [-0.25, -0.2) is 4.98 Å². The lowest BCUT2D eigenvalue weighted by molar-refractivity contribution is 0.0954. The maximum absolute atomic E-state index is 12.0. The Balaban J connectivity index is 1.81. The van der Waals surface area contributed by atoms with Gasteiger partial charge in [-0.1, -0.05) is 11.3 Å². The van der Waals surface area contributed by atoms with E-state index in [9.17, 15) is 4.79 Å². The molecule has 2 rings (SSSR count). The average molecular weight is 283 g/mol. The Morgan fingerprint density at radius 3 is 2.89 bits per heavy atom. The number of carbonyl (C=O) groups excluding carboxylic acids is 1. The van der Waals surface area contributed by atoms with Crippen molar-refractivity contribution in [3.63, 3.8) is 0 Å². The predicted octanol–water partition coefficient (Wildman–Crippen LogP) is 0.983. The fraction of sp³-hybridized carbons (Fsp3) is 0.667. The summed E-state index contributed by atoms with van der Waals surface area (Å²) in [7, 11) is 0. The van der Waals surface area contributed by atoms with Gasteiger partial charge in [-0.3, -0.25) is 4.79 Å². The van der Waals surface area contributed by atoms with Crippen molar-refractivity contribution in [2.45, 2.75) is 19.8 Å². The molecule has 0 radical (unpaired) electrons. The highest BCUT2D eigenvalue weighted by molar-refractivity contribution is 7.18. The number of aromatic nitrogens is 1. The third-order valence-corrected chi connectivity index (χ3v) is 4.13. The molecule has 7 heteroatoms. The van der Waals surface area contributed by atoms with Crippen LogP contribution < -0.4 is 16.4 Å². The zero-order chi connectivity index (χ0) is 13.7. The molecule has 1 aliphatic rings. The third-order valence-electron chi connectivity index (χ3n) is 3.10. The van der Waals surface area contributed by atoms with Crippen LogP contribution in [-0.4, -0.2) is 48.5 Å². The largest absolute Gasteiger partial charge is 0.382 e. The lowest BCUT2D eigenvalue weighted by Crippen LogP contribution is -2.33. The average Bonchev–Trinajstić information content (AvgIpc) is 2.99. The van der Waals surface area contributed by atoms with Gasteiger partial charge in [-0.2, -0.15) is 0 Å². The number of hydrogen-bond acceptors (Lipinski definition) is 6. The smallest absolute Gasteiger partial charge is 0.265 e. The Morgan fingerprint density at radius 1 is 1.47 bits per heavy atom. The van der Waals surface area contributed by atoms with E-state index in [1.54, 1.807) is 0 Å². The number of nitrogens with one attached hydrogen (secondary N) is 2. The van der Waals surface area contributed by atoms with Gasteiger partial charge in [0.05, 0.1) is 0 Å². The van der Waals surface area contributed by atoms with Gasteiger partial charge in [-0.15, -0.1) is 0 Å². The number of nitrogens with zero attached hydrogens (tertiary/aromatic N) is 2. The van der Waals surface area contributed by atoms with Crippen molar-refractivity contribution in [2.24, 2.45) is 0 Å². The molecule has 0 aromatic carbocycles. The molecular weight excluding hydrogens is 262 g/mol. The molecule has 1 fully saturated rings. The normalized spacial score (nSPS) is 15.6. The zero-order valence-electron chi connectivity index (χ0n) is 11.2. The van der Waals surface area contributed by atoms with E-state index in [-0.39, 0.29) is 5.91 Å². The molecule has 1 amide bonds. The van der Waals surface area contributed by atoms with Crippen LogP contribution in [0.2, 0.25) is 0 Å². The van der Waals surface area contributed by atoms with Gasteiger partial charge in [0.2, 0.25) is 0 Å². The predicted molar refractivity (Wildman–Crippen MR) is 78.7 cm³/mol. The second kappa shape index (κ2) is 6.72. The summed E-state index contributed by atoms with van der Waals surface area (Å²) < 4.78 is 0. The molecule has 1 aromatic rings. The van der Waals surface area contributed by atoms with Crippen molar-refractivity contribution in [1.82, 2.24) is 15.2 Å². The number of carbonyl (C=O) groups is 1. The Morgan fingerprint density at radius 2 is 2.21 bits per heavy atom. The number of rotatable bonds is 6. The highest BCUT2D eigenvalue weighted by atomic mass is 32.1. The molecule has 0 saturated carbocycles. The number of amides is 1. The van der Waals surface area contributed by atoms with E-state index < -0.39 is 0 Å². The Labute approximate surface area is 117 Å². The van der Waals surface area contributed by atoms with Gasteiger partial charge in [0, 0.05) is 19.6 Å². The standard InChI is InChI=1S/C12H21N5OS/c1-2-14-12-16-10(13)9(19-12)11(18)15-5-8-17-6-3-4-7-17/h2-8,13H2,1H3,(H,14,16)(H,15,18). The van der Waals surface area contributed by atoms with Crippen molar-refractivity contribution in [3.8, 4) is 0 Å². The molecule has 0 spiro atoms. The van der Waals surface area contributed by atoms with E-state index in [1.807, 2.05) is 6.92 Å². The van der Waals surface area contributed by atoms with Crippen molar-refractivity contribution >= 4 is 28.2 Å². The molecule has 19 heavy (non-hydrogen) atoms. The first-order valence-electron chi connectivity index (χ1n) is 6.71. The number of nitrogen functional groups attached to an aromatic ring is 1. The van der Waals surface area contributed by atoms with E-state index in [0.717, 1.165) is 26.2 Å². The zero-order valence-corrected chi connectivity index (χ0v) is 12.1. The fourth-order valence-corrected chi connectivity index (χ4v) is 3.00. The van der Waals surface area contributed by atoms with Gasteiger partial charge < -0.3 is 21.3 Å². The van der Waals surface area contributed by atoms with Crippen molar-refractivity contribution < 1.29 is 4.79 Å². The summed E-state index contributed by atoms with van der Waals surface area (Å²) in [4.78, 5) is 19.0. The molecule has 4 N–H and O–H groups in total. The topological polar surface area (TPSA) is 83.3 Å². The van der Waals surface area contributed by atoms with Crippen LogP contribution in [0.3, 0.4) is 0 Å². The molecule has 0 bridgehead atoms. The van der Waals surface area contributed by atoms with Gasteiger partial charge in [0.1, 0.15) is 10.7 Å². The molecule has 1 aromatic heterocycles. The van der Waals surface area contributed by atoms with Crippen LogP contribution in [0.1, 0.15) is 29.4 Å². The molecule has 2 heterocycles. The molecule has 0 unspecified atom stereocenters.